The van der Waals surface area contributed by atoms with Gasteiger partial charge in [-0.1, -0.05) is 19.1 Å². The highest BCUT2D eigenvalue weighted by Crippen LogP contribution is 2.30. The Labute approximate surface area is 78.6 Å². The van der Waals surface area contributed by atoms with Gasteiger partial charge in [-0.25, -0.2) is 0 Å². The second kappa shape index (κ2) is 3.38. The predicted octanol–water partition coefficient (Wildman–Crippen LogP) is 2.06. The summed E-state index contributed by atoms with van der Waals surface area (Å²) in [4.78, 5) is 0. The van der Waals surface area contributed by atoms with E-state index >= 15 is 0 Å². The lowest BCUT2D eigenvalue weighted by atomic mass is 9.96. The van der Waals surface area contributed by atoms with Gasteiger partial charge in [-0.2, -0.15) is 0 Å². The standard InChI is InChI=1S/C11H15NO/c1-8-5-6-12-11(8)9-3-2-4-10(13)7-9/h2-4,7-8,11-13H,5-6H2,1H3. The first-order valence-electron chi connectivity index (χ1n) is 4.79. The van der Waals surface area contributed by atoms with Gasteiger partial charge in [0.2, 0.25) is 0 Å². The zero-order valence-electron chi connectivity index (χ0n) is 7.83. The maximum atomic E-state index is 9.33. The van der Waals surface area contributed by atoms with Crippen LogP contribution in [-0.4, -0.2) is 11.7 Å². The fraction of sp³-hybridized carbons (Fsp3) is 0.455. The molecule has 0 spiro atoms. The Morgan fingerprint density at radius 3 is 2.92 bits per heavy atom. The van der Waals surface area contributed by atoms with Gasteiger partial charge in [0.05, 0.1) is 0 Å². The lowest BCUT2D eigenvalue weighted by Crippen LogP contribution is -2.16. The molecule has 0 bridgehead atoms. The van der Waals surface area contributed by atoms with Crippen LogP contribution in [0.1, 0.15) is 24.9 Å². The van der Waals surface area contributed by atoms with Crippen LogP contribution in [0.15, 0.2) is 24.3 Å². The van der Waals surface area contributed by atoms with E-state index in [0.29, 0.717) is 17.7 Å². The number of hydrogen-bond donors (Lipinski definition) is 2. The number of benzene rings is 1. The van der Waals surface area contributed by atoms with Gasteiger partial charge < -0.3 is 10.4 Å². The molecule has 2 unspecified atom stereocenters. The van der Waals surface area contributed by atoms with E-state index in [9.17, 15) is 5.11 Å². The van der Waals surface area contributed by atoms with Crippen LogP contribution >= 0.6 is 0 Å². The molecule has 0 radical (unpaired) electrons. The Balaban J connectivity index is 2.24. The largest absolute Gasteiger partial charge is 0.508 e. The minimum Gasteiger partial charge on any atom is -0.508 e. The van der Waals surface area contributed by atoms with Crippen molar-refractivity contribution in [2.45, 2.75) is 19.4 Å². The molecule has 70 valence electrons. The van der Waals surface area contributed by atoms with Gasteiger partial charge in [-0.3, -0.25) is 0 Å². The molecule has 0 aliphatic carbocycles. The maximum Gasteiger partial charge on any atom is 0.115 e. The van der Waals surface area contributed by atoms with Crippen LogP contribution in [0.25, 0.3) is 0 Å². The maximum absolute atomic E-state index is 9.33. The van der Waals surface area contributed by atoms with Crippen molar-refractivity contribution in [3.05, 3.63) is 29.8 Å². The first-order chi connectivity index (χ1) is 6.27. The van der Waals surface area contributed by atoms with Gasteiger partial charge in [0.1, 0.15) is 5.75 Å². The van der Waals surface area contributed by atoms with Crippen LogP contribution in [0, 0.1) is 5.92 Å². The normalized spacial score (nSPS) is 27.8. The van der Waals surface area contributed by atoms with Crippen molar-refractivity contribution in [1.29, 1.82) is 0 Å². The lowest BCUT2D eigenvalue weighted by molar-refractivity contribution is 0.466. The summed E-state index contributed by atoms with van der Waals surface area (Å²) in [6.07, 6.45) is 1.22. The molecule has 2 nitrogen and oxygen atoms in total. The van der Waals surface area contributed by atoms with Crippen LogP contribution < -0.4 is 5.32 Å². The first-order valence-corrected chi connectivity index (χ1v) is 4.79. The average molecular weight is 177 g/mol. The van der Waals surface area contributed by atoms with Gasteiger partial charge in [-0.05, 0) is 36.6 Å². The van der Waals surface area contributed by atoms with Crippen molar-refractivity contribution < 1.29 is 5.11 Å². The summed E-state index contributed by atoms with van der Waals surface area (Å²) in [5.41, 5.74) is 1.20. The minimum atomic E-state index is 0.360. The predicted molar refractivity (Wildman–Crippen MR) is 52.6 cm³/mol. The second-order valence-electron chi connectivity index (χ2n) is 3.79. The van der Waals surface area contributed by atoms with Gasteiger partial charge in [-0.15, -0.1) is 0 Å². The van der Waals surface area contributed by atoms with Crippen molar-refractivity contribution in [3.63, 3.8) is 0 Å². The molecule has 0 aromatic heterocycles. The molecule has 2 heteroatoms. The lowest BCUT2D eigenvalue weighted by Gasteiger charge is -2.15. The molecule has 1 aromatic carbocycles. The average Bonchev–Trinajstić information content (AvgIpc) is 2.51. The number of rotatable bonds is 1. The summed E-state index contributed by atoms with van der Waals surface area (Å²) in [5, 5.41) is 12.8. The summed E-state index contributed by atoms with van der Waals surface area (Å²) in [6.45, 7) is 3.33. The summed E-state index contributed by atoms with van der Waals surface area (Å²) >= 11 is 0. The Morgan fingerprint density at radius 1 is 1.46 bits per heavy atom. The number of phenols is 1. The third kappa shape index (κ3) is 1.68. The Hall–Kier alpha value is -1.02. The van der Waals surface area contributed by atoms with Crippen molar-refractivity contribution in [3.8, 4) is 5.75 Å². The van der Waals surface area contributed by atoms with Crippen LogP contribution in [0.4, 0.5) is 0 Å². The zero-order valence-corrected chi connectivity index (χ0v) is 7.83. The molecule has 2 rings (SSSR count). The SMILES string of the molecule is CC1CCNC1c1cccc(O)c1. The van der Waals surface area contributed by atoms with Gasteiger partial charge in [0.15, 0.2) is 0 Å². The molecule has 1 heterocycles. The molecule has 1 aliphatic rings. The summed E-state index contributed by atoms with van der Waals surface area (Å²) in [7, 11) is 0. The molecule has 1 aromatic rings. The second-order valence-corrected chi connectivity index (χ2v) is 3.79. The summed E-state index contributed by atoms with van der Waals surface area (Å²) < 4.78 is 0. The minimum absolute atomic E-state index is 0.360. The molecule has 1 saturated heterocycles. The van der Waals surface area contributed by atoms with E-state index in [1.54, 1.807) is 6.07 Å². The summed E-state index contributed by atoms with van der Waals surface area (Å²) in [6, 6.07) is 7.95. The molecule has 1 fully saturated rings. The number of nitrogens with one attached hydrogen (secondary N) is 1. The Bertz CT molecular complexity index is 298. The van der Waals surface area contributed by atoms with Crippen molar-refractivity contribution in [1.82, 2.24) is 5.32 Å². The van der Waals surface area contributed by atoms with Crippen molar-refractivity contribution in [2.24, 2.45) is 5.92 Å². The van der Waals surface area contributed by atoms with E-state index in [2.05, 4.69) is 18.3 Å². The molecule has 2 N–H and O–H groups in total. The third-order valence-electron chi connectivity index (χ3n) is 2.76. The van der Waals surface area contributed by atoms with Crippen LogP contribution in [0.5, 0.6) is 5.75 Å². The van der Waals surface area contributed by atoms with Crippen LogP contribution in [0.3, 0.4) is 0 Å². The van der Waals surface area contributed by atoms with Crippen LogP contribution in [-0.2, 0) is 0 Å². The first kappa shape index (κ1) is 8.57. The summed E-state index contributed by atoms with van der Waals surface area (Å²) in [5.74, 6) is 1.03. The molecule has 0 saturated carbocycles. The van der Waals surface area contributed by atoms with Crippen LogP contribution in [0.2, 0.25) is 0 Å². The third-order valence-corrected chi connectivity index (χ3v) is 2.76. The molecule has 0 amide bonds. The van der Waals surface area contributed by atoms with Gasteiger partial charge in [0, 0.05) is 6.04 Å². The molecule has 13 heavy (non-hydrogen) atoms. The fourth-order valence-corrected chi connectivity index (χ4v) is 2.00. The van der Waals surface area contributed by atoms with E-state index in [4.69, 9.17) is 0 Å². The smallest absolute Gasteiger partial charge is 0.115 e. The topological polar surface area (TPSA) is 32.3 Å². The van der Waals surface area contributed by atoms with Crippen molar-refractivity contribution in [2.75, 3.05) is 6.54 Å². The molecular weight excluding hydrogens is 162 g/mol. The monoisotopic (exact) mass is 177 g/mol. The van der Waals surface area contributed by atoms with Gasteiger partial charge >= 0.3 is 0 Å². The highest BCUT2D eigenvalue weighted by Gasteiger charge is 2.23. The molecular formula is C11H15NO. The zero-order chi connectivity index (χ0) is 9.26. The molecule has 1 aliphatic heterocycles. The van der Waals surface area contributed by atoms with Crippen molar-refractivity contribution >= 4 is 0 Å². The quantitative estimate of drug-likeness (QED) is 0.688. The Kier molecular flexibility index (Phi) is 2.23. The van der Waals surface area contributed by atoms with E-state index < -0.39 is 0 Å². The molecule has 2 atom stereocenters. The van der Waals surface area contributed by atoms with Gasteiger partial charge in [0.25, 0.3) is 0 Å². The number of aromatic hydroxyl groups is 1. The van der Waals surface area contributed by atoms with E-state index in [1.165, 1.54) is 12.0 Å². The van der Waals surface area contributed by atoms with E-state index in [1.807, 2.05) is 12.1 Å². The number of phenolic OH excluding ortho intramolecular Hbond substituents is 1. The highest BCUT2D eigenvalue weighted by atomic mass is 16.3. The fourth-order valence-electron chi connectivity index (χ4n) is 2.00. The Morgan fingerprint density at radius 2 is 2.31 bits per heavy atom. The highest BCUT2D eigenvalue weighted by molar-refractivity contribution is 5.30. The van der Waals surface area contributed by atoms with E-state index in [-0.39, 0.29) is 0 Å². The number of hydrogen-bond acceptors (Lipinski definition) is 2. The van der Waals surface area contributed by atoms with E-state index in [0.717, 1.165) is 6.54 Å².